The first-order valence-electron chi connectivity index (χ1n) is 7.45. The van der Waals surface area contributed by atoms with Crippen LogP contribution < -0.4 is 9.64 Å². The number of carbonyl (C=O) groups is 1. The Morgan fingerprint density at radius 1 is 1.30 bits per heavy atom. The average molecular weight is 412 g/mol. The summed E-state index contributed by atoms with van der Waals surface area (Å²) in [4.78, 5) is 21.1. The van der Waals surface area contributed by atoms with Crippen molar-refractivity contribution in [3.05, 3.63) is 52.1 Å². The maximum atomic E-state index is 14.8. The molecule has 1 N–H and O–H groups in total. The Labute approximate surface area is 162 Å². The molecule has 0 fully saturated rings. The lowest BCUT2D eigenvalue weighted by Gasteiger charge is -2.18. The minimum atomic E-state index is -1.39. The van der Waals surface area contributed by atoms with Gasteiger partial charge in [0.2, 0.25) is 5.88 Å². The number of nitrogens with zero attached hydrogens (tertiary/aromatic N) is 3. The third kappa shape index (κ3) is 3.41. The molecule has 3 aromatic rings. The highest BCUT2D eigenvalue weighted by Gasteiger charge is 2.25. The number of rotatable bonds is 5. The van der Waals surface area contributed by atoms with E-state index in [9.17, 15) is 14.3 Å². The van der Waals surface area contributed by atoms with Gasteiger partial charge in [0.1, 0.15) is 5.02 Å². The number of ether oxygens (including phenoxy) is 1. The predicted molar refractivity (Wildman–Crippen MR) is 97.7 cm³/mol. The van der Waals surface area contributed by atoms with Crippen molar-refractivity contribution in [1.82, 2.24) is 9.97 Å². The summed E-state index contributed by atoms with van der Waals surface area (Å²) in [6, 6.07) is 5.99. The summed E-state index contributed by atoms with van der Waals surface area (Å²) in [5, 5.41) is 9.27. The maximum absolute atomic E-state index is 14.8. The zero-order valence-corrected chi connectivity index (χ0v) is 15.5. The Morgan fingerprint density at radius 3 is 2.63 bits per heavy atom. The number of benzene rings is 1. The highest BCUT2D eigenvalue weighted by molar-refractivity contribution is 6.35. The lowest BCUT2D eigenvalue weighted by atomic mass is 10.1. The van der Waals surface area contributed by atoms with E-state index >= 15 is 0 Å². The van der Waals surface area contributed by atoms with E-state index in [0.717, 1.165) is 0 Å². The summed E-state index contributed by atoms with van der Waals surface area (Å²) in [6.45, 7) is 0. The van der Waals surface area contributed by atoms with Gasteiger partial charge in [0, 0.05) is 13.1 Å². The fourth-order valence-electron chi connectivity index (χ4n) is 2.38. The van der Waals surface area contributed by atoms with Crippen LogP contribution in [0.3, 0.4) is 0 Å². The minimum Gasteiger partial charge on any atom is -0.492 e. The highest BCUT2D eigenvalue weighted by atomic mass is 35.5. The van der Waals surface area contributed by atoms with Crippen LogP contribution >= 0.6 is 23.2 Å². The monoisotopic (exact) mass is 411 g/mol. The van der Waals surface area contributed by atoms with Gasteiger partial charge >= 0.3 is 5.97 Å². The third-order valence-electron chi connectivity index (χ3n) is 3.68. The molecule has 27 heavy (non-hydrogen) atoms. The van der Waals surface area contributed by atoms with Crippen molar-refractivity contribution < 1.29 is 23.4 Å². The maximum Gasteiger partial charge on any atom is 0.356 e. The molecule has 2 heterocycles. The van der Waals surface area contributed by atoms with Gasteiger partial charge in [-0.05, 0) is 18.2 Å². The third-order valence-corrected chi connectivity index (χ3v) is 4.33. The number of carboxylic acids is 1. The molecule has 0 bridgehead atoms. The molecule has 7 nitrogen and oxygen atoms in total. The van der Waals surface area contributed by atoms with E-state index in [-0.39, 0.29) is 33.0 Å². The molecule has 3 rings (SSSR count). The zero-order chi connectivity index (χ0) is 19.7. The van der Waals surface area contributed by atoms with Crippen LogP contribution in [0.15, 0.2) is 34.9 Å². The van der Waals surface area contributed by atoms with Crippen molar-refractivity contribution in [3.8, 4) is 17.1 Å². The molecule has 0 amide bonds. The number of methoxy groups -OCH3 is 1. The molecule has 140 valence electrons. The Morgan fingerprint density at radius 2 is 2.04 bits per heavy atom. The van der Waals surface area contributed by atoms with Crippen LogP contribution in [0.2, 0.25) is 10.0 Å². The lowest BCUT2D eigenvalue weighted by Crippen LogP contribution is -2.15. The van der Waals surface area contributed by atoms with Gasteiger partial charge in [-0.2, -0.15) is 0 Å². The van der Waals surface area contributed by atoms with Crippen LogP contribution in [0.5, 0.6) is 5.75 Å². The molecule has 0 unspecified atom stereocenters. The first kappa shape index (κ1) is 18.9. The van der Waals surface area contributed by atoms with Crippen LogP contribution in [0, 0.1) is 5.82 Å². The SMILES string of the molecule is COc1c(Cl)ccc(-c2nc(C(=O)O)c(Cl)c(N(C)c3ccco3)n2)c1F. The van der Waals surface area contributed by atoms with E-state index in [1.165, 1.54) is 30.4 Å². The molecule has 10 heteroatoms. The van der Waals surface area contributed by atoms with Gasteiger partial charge in [-0.3, -0.25) is 4.90 Å². The number of hydrogen-bond acceptors (Lipinski definition) is 6. The van der Waals surface area contributed by atoms with Crippen LogP contribution in [0.4, 0.5) is 16.1 Å². The van der Waals surface area contributed by atoms with Crippen molar-refractivity contribution >= 4 is 40.9 Å². The minimum absolute atomic E-state index is 0.0299. The molecule has 0 spiro atoms. The standard InChI is InChI=1S/C17H12Cl2FN3O4/c1-23(10-4-3-7-27-10)16-11(19)13(17(24)25)21-15(22-16)8-5-6-9(18)14(26-2)12(8)20/h3-7H,1-2H3,(H,24,25). The number of aromatic carboxylic acids is 1. The van der Waals surface area contributed by atoms with Crippen molar-refractivity contribution in [3.63, 3.8) is 0 Å². The molecule has 1 aromatic carbocycles. The molecule has 0 aliphatic rings. The molecule has 0 saturated carbocycles. The lowest BCUT2D eigenvalue weighted by molar-refractivity contribution is 0.0690. The van der Waals surface area contributed by atoms with Gasteiger partial charge in [-0.1, -0.05) is 23.2 Å². The summed E-state index contributed by atoms with van der Waals surface area (Å²) < 4.78 is 25.0. The van der Waals surface area contributed by atoms with Crippen LogP contribution in [-0.4, -0.2) is 35.2 Å². The molecular weight excluding hydrogens is 400 g/mol. The van der Waals surface area contributed by atoms with E-state index in [1.54, 1.807) is 19.2 Å². The van der Waals surface area contributed by atoms with E-state index in [4.69, 9.17) is 32.4 Å². The molecule has 0 atom stereocenters. The van der Waals surface area contributed by atoms with Crippen molar-refractivity contribution in [2.24, 2.45) is 0 Å². The van der Waals surface area contributed by atoms with Gasteiger partial charge in [0.15, 0.2) is 28.9 Å². The van der Waals surface area contributed by atoms with E-state index in [2.05, 4.69) is 9.97 Å². The molecule has 0 aliphatic carbocycles. The topological polar surface area (TPSA) is 88.7 Å². The van der Waals surface area contributed by atoms with Crippen molar-refractivity contribution in [2.75, 3.05) is 19.1 Å². The first-order chi connectivity index (χ1) is 12.8. The molecular formula is C17H12Cl2FN3O4. The number of furan rings is 1. The number of anilines is 2. The van der Waals surface area contributed by atoms with Gasteiger partial charge in [-0.25, -0.2) is 19.2 Å². The van der Waals surface area contributed by atoms with Crippen LogP contribution in [0.25, 0.3) is 11.4 Å². The number of carboxylic acid groups (broad SMARTS) is 1. The summed E-state index contributed by atoms with van der Waals surface area (Å²) in [5.74, 6) is -2.23. The fraction of sp³-hybridized carbons (Fsp3) is 0.118. The Bertz CT molecular complexity index is 1010. The summed E-state index contributed by atoms with van der Waals surface area (Å²) in [7, 11) is 2.83. The van der Waals surface area contributed by atoms with Gasteiger partial charge in [-0.15, -0.1) is 0 Å². The highest BCUT2D eigenvalue weighted by Crippen LogP contribution is 2.37. The van der Waals surface area contributed by atoms with E-state index in [1.807, 2.05) is 0 Å². The second kappa shape index (κ2) is 7.42. The van der Waals surface area contributed by atoms with Crippen molar-refractivity contribution in [1.29, 1.82) is 0 Å². The Balaban J connectivity index is 2.25. The summed E-state index contributed by atoms with van der Waals surface area (Å²) in [6.07, 6.45) is 1.43. The summed E-state index contributed by atoms with van der Waals surface area (Å²) >= 11 is 12.1. The predicted octanol–water partition coefficient (Wildman–Crippen LogP) is 4.66. The summed E-state index contributed by atoms with van der Waals surface area (Å²) in [5.41, 5.74) is -0.576. The second-order valence-corrected chi connectivity index (χ2v) is 6.08. The van der Waals surface area contributed by atoms with E-state index < -0.39 is 17.5 Å². The molecule has 0 saturated heterocycles. The van der Waals surface area contributed by atoms with Crippen LogP contribution in [-0.2, 0) is 0 Å². The van der Waals surface area contributed by atoms with E-state index in [0.29, 0.717) is 5.88 Å². The average Bonchev–Trinajstić information content (AvgIpc) is 3.16. The molecule has 2 aromatic heterocycles. The fourth-order valence-corrected chi connectivity index (χ4v) is 2.89. The van der Waals surface area contributed by atoms with Gasteiger partial charge < -0.3 is 14.3 Å². The smallest absolute Gasteiger partial charge is 0.356 e. The van der Waals surface area contributed by atoms with Crippen molar-refractivity contribution in [2.45, 2.75) is 0 Å². The molecule has 0 aliphatic heterocycles. The van der Waals surface area contributed by atoms with Gasteiger partial charge in [0.05, 0.1) is 24.0 Å². The van der Waals surface area contributed by atoms with Crippen LogP contribution in [0.1, 0.15) is 10.5 Å². The second-order valence-electron chi connectivity index (χ2n) is 5.29. The Kier molecular flexibility index (Phi) is 5.20. The first-order valence-corrected chi connectivity index (χ1v) is 8.21. The largest absolute Gasteiger partial charge is 0.492 e. The Hall–Kier alpha value is -2.84. The number of halogens is 3. The number of aromatic nitrogens is 2. The molecule has 0 radical (unpaired) electrons. The van der Waals surface area contributed by atoms with Gasteiger partial charge in [0.25, 0.3) is 0 Å². The quantitative estimate of drug-likeness (QED) is 0.652. The normalized spacial score (nSPS) is 10.7. The zero-order valence-electron chi connectivity index (χ0n) is 14.0. The number of hydrogen-bond donors (Lipinski definition) is 1.